The Kier molecular flexibility index (Phi) is 5.63. The zero-order valence-corrected chi connectivity index (χ0v) is 12.1. The first-order chi connectivity index (χ1) is 8.45. The lowest BCUT2D eigenvalue weighted by Gasteiger charge is -2.19. The maximum Gasteiger partial charge on any atom is 0.119 e. The van der Waals surface area contributed by atoms with Gasteiger partial charge in [-0.1, -0.05) is 13.8 Å². The molecule has 0 aliphatic heterocycles. The number of rotatable bonds is 6. The molecule has 3 heteroatoms. The normalized spacial score (nSPS) is 12.8. The van der Waals surface area contributed by atoms with Crippen LogP contribution >= 0.6 is 0 Å². The summed E-state index contributed by atoms with van der Waals surface area (Å²) in [5.74, 6) is 1.44. The van der Waals surface area contributed by atoms with Gasteiger partial charge in [-0.15, -0.1) is 0 Å². The van der Waals surface area contributed by atoms with Gasteiger partial charge in [-0.3, -0.25) is 0 Å². The van der Waals surface area contributed by atoms with Gasteiger partial charge >= 0.3 is 0 Å². The molecule has 0 saturated heterocycles. The summed E-state index contributed by atoms with van der Waals surface area (Å²) in [4.78, 5) is 0. The molecule has 0 saturated carbocycles. The number of benzene rings is 1. The van der Waals surface area contributed by atoms with Crippen LogP contribution in [0.5, 0.6) is 5.75 Å². The van der Waals surface area contributed by atoms with Gasteiger partial charge in [-0.25, -0.2) is 0 Å². The summed E-state index contributed by atoms with van der Waals surface area (Å²) < 4.78 is 5.23. The van der Waals surface area contributed by atoms with E-state index in [1.807, 2.05) is 26.0 Å². The lowest BCUT2D eigenvalue weighted by atomic mass is 9.97. The predicted molar refractivity (Wildman–Crippen MR) is 75.1 cm³/mol. The molecule has 0 aliphatic rings. The van der Waals surface area contributed by atoms with Crippen molar-refractivity contribution >= 4 is 0 Å². The quantitative estimate of drug-likeness (QED) is 0.816. The molecule has 1 unspecified atom stereocenters. The lowest BCUT2D eigenvalue weighted by molar-refractivity contribution is 0.172. The van der Waals surface area contributed by atoms with Gasteiger partial charge < -0.3 is 15.2 Å². The lowest BCUT2D eigenvalue weighted by Crippen LogP contribution is -2.26. The van der Waals surface area contributed by atoms with Gasteiger partial charge in [0.1, 0.15) is 5.75 Å². The smallest absolute Gasteiger partial charge is 0.119 e. The molecule has 18 heavy (non-hydrogen) atoms. The minimum atomic E-state index is -0.463. The number of aryl methyl sites for hydroxylation is 2. The Balaban J connectivity index is 2.76. The van der Waals surface area contributed by atoms with Gasteiger partial charge in [0.15, 0.2) is 0 Å². The van der Waals surface area contributed by atoms with Crippen molar-refractivity contribution in [1.29, 1.82) is 0 Å². The second-order valence-corrected chi connectivity index (χ2v) is 5.24. The van der Waals surface area contributed by atoms with Gasteiger partial charge in [-0.05, 0) is 55.1 Å². The van der Waals surface area contributed by atoms with Gasteiger partial charge in [0.05, 0.1) is 13.2 Å². The Labute approximate surface area is 110 Å². The van der Waals surface area contributed by atoms with Crippen LogP contribution in [0.4, 0.5) is 0 Å². The fourth-order valence-corrected chi connectivity index (χ4v) is 2.19. The Bertz CT molecular complexity index is 365. The zero-order chi connectivity index (χ0) is 13.7. The number of hydrogen-bond acceptors (Lipinski definition) is 3. The molecule has 0 radical (unpaired) electrons. The van der Waals surface area contributed by atoms with Crippen LogP contribution in [-0.4, -0.2) is 25.3 Å². The Morgan fingerprint density at radius 1 is 1.17 bits per heavy atom. The van der Waals surface area contributed by atoms with Crippen LogP contribution in [0.15, 0.2) is 12.1 Å². The fourth-order valence-electron chi connectivity index (χ4n) is 2.19. The predicted octanol–water partition coefficient (Wildman–Crippen LogP) is 2.59. The number of aliphatic hydroxyl groups is 1. The average Bonchev–Trinajstić information content (AvgIpc) is 2.27. The first kappa shape index (κ1) is 15.0. The van der Waals surface area contributed by atoms with Crippen LogP contribution in [0.3, 0.4) is 0 Å². The van der Waals surface area contributed by atoms with Gasteiger partial charge in [0, 0.05) is 6.54 Å². The highest BCUT2D eigenvalue weighted by molar-refractivity contribution is 5.42. The van der Waals surface area contributed by atoms with Crippen LogP contribution in [0, 0.1) is 19.8 Å². The van der Waals surface area contributed by atoms with Crippen molar-refractivity contribution in [1.82, 2.24) is 5.32 Å². The molecule has 102 valence electrons. The SMILES string of the molecule is COc1cc(C)c(C(O)CNCC(C)C)c(C)c1. The van der Waals surface area contributed by atoms with E-state index in [4.69, 9.17) is 4.74 Å². The highest BCUT2D eigenvalue weighted by Crippen LogP contribution is 2.26. The van der Waals surface area contributed by atoms with E-state index in [0.717, 1.165) is 29.0 Å². The summed E-state index contributed by atoms with van der Waals surface area (Å²) in [5, 5.41) is 13.5. The van der Waals surface area contributed by atoms with Crippen LogP contribution in [0.1, 0.15) is 36.6 Å². The molecule has 0 fully saturated rings. The van der Waals surface area contributed by atoms with E-state index in [1.165, 1.54) is 0 Å². The maximum atomic E-state index is 10.3. The molecule has 0 amide bonds. The molecule has 0 aliphatic carbocycles. The second kappa shape index (κ2) is 6.76. The highest BCUT2D eigenvalue weighted by atomic mass is 16.5. The van der Waals surface area contributed by atoms with E-state index in [2.05, 4.69) is 19.2 Å². The third kappa shape index (κ3) is 4.00. The summed E-state index contributed by atoms with van der Waals surface area (Å²) in [6.45, 7) is 9.84. The average molecular weight is 251 g/mol. The van der Waals surface area contributed by atoms with Crippen molar-refractivity contribution in [2.45, 2.75) is 33.8 Å². The monoisotopic (exact) mass is 251 g/mol. The van der Waals surface area contributed by atoms with Crippen molar-refractivity contribution in [3.8, 4) is 5.75 Å². The summed E-state index contributed by atoms with van der Waals surface area (Å²) in [6.07, 6.45) is -0.463. The number of hydrogen-bond donors (Lipinski definition) is 2. The number of methoxy groups -OCH3 is 1. The largest absolute Gasteiger partial charge is 0.497 e. The Morgan fingerprint density at radius 3 is 2.17 bits per heavy atom. The van der Waals surface area contributed by atoms with Crippen molar-refractivity contribution in [3.05, 3.63) is 28.8 Å². The molecule has 0 aromatic heterocycles. The Hall–Kier alpha value is -1.06. The van der Waals surface area contributed by atoms with E-state index >= 15 is 0 Å². The van der Waals surface area contributed by atoms with Crippen LogP contribution < -0.4 is 10.1 Å². The van der Waals surface area contributed by atoms with Crippen LogP contribution in [0.25, 0.3) is 0 Å². The molecular formula is C15H25NO2. The van der Waals surface area contributed by atoms with Crippen molar-refractivity contribution in [2.24, 2.45) is 5.92 Å². The molecular weight excluding hydrogens is 226 g/mol. The molecule has 1 rings (SSSR count). The van der Waals surface area contributed by atoms with Gasteiger partial charge in [-0.2, -0.15) is 0 Å². The van der Waals surface area contributed by atoms with Crippen LogP contribution in [-0.2, 0) is 0 Å². The molecule has 3 nitrogen and oxygen atoms in total. The summed E-state index contributed by atoms with van der Waals surface area (Å²) in [7, 11) is 1.66. The van der Waals surface area contributed by atoms with E-state index in [-0.39, 0.29) is 0 Å². The molecule has 1 atom stereocenters. The molecule has 0 heterocycles. The standard InChI is InChI=1S/C15H25NO2/c1-10(2)8-16-9-14(17)15-11(3)6-13(18-5)7-12(15)4/h6-7,10,14,16-17H,8-9H2,1-5H3. The van der Waals surface area contributed by atoms with E-state index in [0.29, 0.717) is 12.5 Å². The third-order valence-electron chi connectivity index (χ3n) is 3.03. The summed E-state index contributed by atoms with van der Waals surface area (Å²) in [5.41, 5.74) is 3.16. The van der Waals surface area contributed by atoms with Crippen molar-refractivity contribution in [3.63, 3.8) is 0 Å². The topological polar surface area (TPSA) is 41.5 Å². The maximum absolute atomic E-state index is 10.3. The van der Waals surface area contributed by atoms with Crippen molar-refractivity contribution in [2.75, 3.05) is 20.2 Å². The van der Waals surface area contributed by atoms with E-state index in [9.17, 15) is 5.11 Å². The third-order valence-corrected chi connectivity index (χ3v) is 3.03. The number of aliphatic hydroxyl groups excluding tert-OH is 1. The van der Waals surface area contributed by atoms with E-state index < -0.39 is 6.10 Å². The van der Waals surface area contributed by atoms with Crippen LogP contribution in [0.2, 0.25) is 0 Å². The van der Waals surface area contributed by atoms with E-state index in [1.54, 1.807) is 7.11 Å². The highest BCUT2D eigenvalue weighted by Gasteiger charge is 2.14. The first-order valence-corrected chi connectivity index (χ1v) is 6.49. The van der Waals surface area contributed by atoms with Gasteiger partial charge in [0.2, 0.25) is 0 Å². The molecule has 1 aromatic rings. The molecule has 0 bridgehead atoms. The molecule has 1 aromatic carbocycles. The minimum absolute atomic E-state index is 0.463. The minimum Gasteiger partial charge on any atom is -0.497 e. The Morgan fingerprint density at radius 2 is 1.72 bits per heavy atom. The second-order valence-electron chi connectivity index (χ2n) is 5.24. The number of nitrogens with one attached hydrogen (secondary N) is 1. The first-order valence-electron chi connectivity index (χ1n) is 6.49. The number of ether oxygens (including phenoxy) is 1. The summed E-state index contributed by atoms with van der Waals surface area (Å²) >= 11 is 0. The molecule has 2 N–H and O–H groups in total. The summed E-state index contributed by atoms with van der Waals surface area (Å²) in [6, 6.07) is 3.93. The van der Waals surface area contributed by atoms with Gasteiger partial charge in [0.25, 0.3) is 0 Å². The fraction of sp³-hybridized carbons (Fsp3) is 0.600. The zero-order valence-electron chi connectivity index (χ0n) is 12.1. The van der Waals surface area contributed by atoms with Crippen molar-refractivity contribution < 1.29 is 9.84 Å². The molecule has 0 spiro atoms.